The molecule has 5 bridgehead atoms. The van der Waals surface area contributed by atoms with Crippen LogP contribution in [0.2, 0.25) is 0 Å². The van der Waals surface area contributed by atoms with Crippen LogP contribution >= 0.6 is 0 Å². The minimum absolute atomic E-state index is 0.125. The Morgan fingerprint density at radius 3 is 2.76 bits per heavy atom. The quantitative estimate of drug-likeness (QED) is 0.764. The lowest BCUT2D eigenvalue weighted by Gasteiger charge is -2.66. The molecule has 5 fully saturated rings. The lowest BCUT2D eigenvalue weighted by Crippen LogP contribution is -2.81. The lowest BCUT2D eigenvalue weighted by molar-refractivity contribution is -1.02. The van der Waals surface area contributed by atoms with Gasteiger partial charge < -0.3 is 15.1 Å². The molecule has 4 nitrogen and oxygen atoms in total. The Hall–Kier alpha value is -1.10. The molecule has 1 aromatic rings. The Morgan fingerprint density at radius 1 is 1.24 bits per heavy atom. The van der Waals surface area contributed by atoms with Crippen molar-refractivity contribution in [3.05, 3.63) is 29.8 Å². The normalized spacial score (nSPS) is 57.1. The van der Waals surface area contributed by atoms with Crippen LogP contribution in [0.5, 0.6) is 0 Å². The molecule has 0 radical (unpaired) electrons. The number of aliphatic hydroxyl groups is 2. The van der Waals surface area contributed by atoms with Gasteiger partial charge in [-0.2, -0.15) is 0 Å². The van der Waals surface area contributed by atoms with Crippen LogP contribution in [0.1, 0.15) is 31.7 Å². The summed E-state index contributed by atoms with van der Waals surface area (Å²) in [6, 6.07) is 9.87. The molecule has 10 atom stereocenters. The monoisotopic (exact) mass is 341 g/mol. The van der Waals surface area contributed by atoms with Crippen molar-refractivity contribution in [2.24, 2.45) is 17.8 Å². The second-order valence-corrected chi connectivity index (χ2v) is 9.58. The van der Waals surface area contributed by atoms with Crippen molar-refractivity contribution in [3.8, 4) is 0 Å². The molecule has 7 rings (SSSR count). The highest BCUT2D eigenvalue weighted by molar-refractivity contribution is 5.66. The molecule has 1 spiro atoms. The summed E-state index contributed by atoms with van der Waals surface area (Å²) in [5.41, 5.74) is 2.54. The standard InChI is InChI=1S/C21H29N2O2/c1-4-11-12-9-15-18-21(13-7-5-6-8-14(13)22(18)2)10-16(17(12)19(21)24)23(15,3)20(11)25/h5-8,11-12,15-20,24-25H,4,9-10H2,1-3H3/q+1/t11-,12+,15-,16-,17?,18-,19+,20+,21?,23?/m0/s1. The van der Waals surface area contributed by atoms with E-state index in [-0.39, 0.29) is 17.7 Å². The van der Waals surface area contributed by atoms with E-state index in [1.165, 1.54) is 11.3 Å². The molecule has 1 aromatic carbocycles. The summed E-state index contributed by atoms with van der Waals surface area (Å²) in [6.45, 7) is 2.21. The van der Waals surface area contributed by atoms with Crippen molar-refractivity contribution < 1.29 is 14.7 Å². The molecule has 1 saturated carbocycles. The van der Waals surface area contributed by atoms with Gasteiger partial charge in [-0.1, -0.05) is 25.1 Å². The van der Waals surface area contributed by atoms with Crippen LogP contribution in [0.3, 0.4) is 0 Å². The van der Waals surface area contributed by atoms with Crippen LogP contribution in [-0.2, 0) is 5.41 Å². The first-order valence-corrected chi connectivity index (χ1v) is 10.0. The topological polar surface area (TPSA) is 43.7 Å². The average molecular weight is 341 g/mol. The Labute approximate surface area is 149 Å². The first kappa shape index (κ1) is 15.0. The minimum atomic E-state index is -0.273. The number of anilines is 1. The van der Waals surface area contributed by atoms with Crippen molar-refractivity contribution in [1.82, 2.24) is 0 Å². The van der Waals surface area contributed by atoms with Gasteiger partial charge in [-0.05, 0) is 24.0 Å². The van der Waals surface area contributed by atoms with E-state index in [0.29, 0.717) is 35.9 Å². The third-order valence-corrected chi connectivity index (χ3v) is 9.39. The smallest absolute Gasteiger partial charge is 0.193 e. The first-order valence-electron chi connectivity index (χ1n) is 10.0. The fourth-order valence-corrected chi connectivity index (χ4v) is 8.58. The second-order valence-electron chi connectivity index (χ2n) is 9.58. The zero-order valence-corrected chi connectivity index (χ0v) is 15.3. The summed E-state index contributed by atoms with van der Waals surface area (Å²) in [6.07, 6.45) is 2.67. The number of likely N-dealkylation sites (N-methyl/N-ethyl adjacent to an activating group) is 2. The van der Waals surface area contributed by atoms with Crippen molar-refractivity contribution in [3.63, 3.8) is 0 Å². The average Bonchev–Trinajstić information content (AvgIpc) is 2.99. The molecule has 2 N–H and O–H groups in total. The maximum Gasteiger partial charge on any atom is 0.193 e. The number of hydrogen-bond acceptors (Lipinski definition) is 3. The summed E-state index contributed by atoms with van der Waals surface area (Å²) in [5, 5.41) is 23.1. The fourth-order valence-electron chi connectivity index (χ4n) is 8.58. The summed E-state index contributed by atoms with van der Waals surface area (Å²) in [5.74, 6) is 1.17. The molecule has 4 saturated heterocycles. The number of para-hydroxylation sites is 1. The number of benzene rings is 1. The molecule has 4 heteroatoms. The predicted octanol–water partition coefficient (Wildman–Crippen LogP) is 1.70. The lowest BCUT2D eigenvalue weighted by atomic mass is 9.61. The van der Waals surface area contributed by atoms with Crippen molar-refractivity contribution in [2.75, 3.05) is 19.0 Å². The summed E-state index contributed by atoms with van der Waals surface area (Å²) >= 11 is 0. The van der Waals surface area contributed by atoms with E-state index in [1.54, 1.807) is 0 Å². The van der Waals surface area contributed by atoms with Gasteiger partial charge in [-0.3, -0.25) is 4.48 Å². The van der Waals surface area contributed by atoms with Crippen LogP contribution in [-0.4, -0.2) is 59.2 Å². The van der Waals surface area contributed by atoms with Gasteiger partial charge in [0.05, 0.1) is 30.7 Å². The number of piperidine rings is 4. The molecular weight excluding hydrogens is 312 g/mol. The number of hydrogen-bond donors (Lipinski definition) is 2. The number of fused-ring (bicyclic) bond motifs is 2. The van der Waals surface area contributed by atoms with E-state index in [9.17, 15) is 10.2 Å². The fraction of sp³-hybridized carbons (Fsp3) is 0.714. The van der Waals surface area contributed by atoms with Crippen molar-refractivity contribution >= 4 is 5.69 Å². The highest BCUT2D eigenvalue weighted by Crippen LogP contribution is 2.70. The van der Waals surface area contributed by atoms with Gasteiger partial charge in [0.1, 0.15) is 6.04 Å². The molecular formula is C21H29N2O2+. The van der Waals surface area contributed by atoms with Crippen LogP contribution < -0.4 is 4.90 Å². The highest BCUT2D eigenvalue weighted by Gasteiger charge is 2.82. The Kier molecular flexibility index (Phi) is 2.54. The third-order valence-electron chi connectivity index (χ3n) is 9.39. The SMILES string of the molecule is CC[C@@H]1[C@@H](O)[N+]2(C)[C@H]3CC45c6ccccc6N(C)[C@H]4[C@@H]2C[C@H]1C3[C@H]5O. The van der Waals surface area contributed by atoms with Gasteiger partial charge >= 0.3 is 0 Å². The molecule has 5 heterocycles. The van der Waals surface area contributed by atoms with E-state index in [1.807, 2.05) is 0 Å². The molecule has 25 heavy (non-hydrogen) atoms. The number of aliphatic hydroxyl groups excluding tert-OH is 2. The Morgan fingerprint density at radius 2 is 2.00 bits per heavy atom. The van der Waals surface area contributed by atoms with E-state index in [4.69, 9.17) is 0 Å². The second kappa shape index (κ2) is 4.24. The minimum Gasteiger partial charge on any atom is -0.392 e. The Balaban J connectivity index is 1.63. The summed E-state index contributed by atoms with van der Waals surface area (Å²) in [4.78, 5) is 2.44. The summed E-state index contributed by atoms with van der Waals surface area (Å²) < 4.78 is 0.779. The number of quaternary nitrogens is 1. The molecule has 3 unspecified atom stereocenters. The molecule has 134 valence electrons. The van der Waals surface area contributed by atoms with Crippen molar-refractivity contribution in [1.29, 1.82) is 0 Å². The largest absolute Gasteiger partial charge is 0.392 e. The van der Waals surface area contributed by atoms with E-state index < -0.39 is 0 Å². The van der Waals surface area contributed by atoms with Gasteiger partial charge in [-0.25, -0.2) is 0 Å². The molecule has 1 aliphatic carbocycles. The van der Waals surface area contributed by atoms with Gasteiger partial charge in [0.25, 0.3) is 0 Å². The maximum absolute atomic E-state index is 11.7. The first-order chi connectivity index (χ1) is 12.0. The summed E-state index contributed by atoms with van der Waals surface area (Å²) in [7, 11) is 4.51. The molecule has 0 aromatic heterocycles. The van der Waals surface area contributed by atoms with Crippen LogP contribution in [0.4, 0.5) is 5.69 Å². The van der Waals surface area contributed by atoms with Gasteiger partial charge in [0, 0.05) is 37.4 Å². The zero-order valence-electron chi connectivity index (χ0n) is 15.3. The van der Waals surface area contributed by atoms with Crippen LogP contribution in [0, 0.1) is 17.8 Å². The van der Waals surface area contributed by atoms with Gasteiger partial charge in [-0.15, -0.1) is 0 Å². The van der Waals surface area contributed by atoms with E-state index in [2.05, 4.69) is 50.2 Å². The highest BCUT2D eigenvalue weighted by atomic mass is 16.3. The van der Waals surface area contributed by atoms with Gasteiger partial charge in [0.2, 0.25) is 0 Å². The van der Waals surface area contributed by atoms with E-state index in [0.717, 1.165) is 23.7 Å². The van der Waals surface area contributed by atoms with Crippen LogP contribution in [0.15, 0.2) is 24.3 Å². The predicted molar refractivity (Wildman–Crippen MR) is 96.1 cm³/mol. The number of nitrogens with zero attached hydrogens (tertiary/aromatic N) is 2. The Bertz CT molecular complexity index is 768. The van der Waals surface area contributed by atoms with E-state index >= 15 is 0 Å². The number of rotatable bonds is 1. The van der Waals surface area contributed by atoms with Gasteiger partial charge in [0.15, 0.2) is 6.23 Å². The molecule has 5 aliphatic heterocycles. The molecule has 0 amide bonds. The van der Waals surface area contributed by atoms with Crippen LogP contribution in [0.25, 0.3) is 0 Å². The molecule has 6 aliphatic rings. The maximum atomic E-state index is 11.7. The van der Waals surface area contributed by atoms with Crippen molar-refractivity contribution in [2.45, 2.75) is 62.1 Å². The third kappa shape index (κ3) is 1.27. The zero-order chi connectivity index (χ0) is 17.3.